The van der Waals surface area contributed by atoms with E-state index in [9.17, 15) is 22.4 Å². The molecule has 1 N–H and O–H groups in total. The number of amides is 2. The number of halogens is 2. The molecular weight excluding hydrogens is 625 g/mol. The highest BCUT2D eigenvalue weighted by atomic mass is 35.5. The number of rotatable bonds is 12. The van der Waals surface area contributed by atoms with Gasteiger partial charge in [0, 0.05) is 19.0 Å². The van der Waals surface area contributed by atoms with Gasteiger partial charge in [0.2, 0.25) is 11.8 Å². The fourth-order valence-electron chi connectivity index (χ4n) is 5.71. The zero-order valence-corrected chi connectivity index (χ0v) is 27.2. The molecular formula is C36H37ClFN3O4S. The van der Waals surface area contributed by atoms with Gasteiger partial charge in [-0.05, 0) is 67.3 Å². The van der Waals surface area contributed by atoms with Gasteiger partial charge in [0.05, 0.1) is 15.6 Å². The van der Waals surface area contributed by atoms with E-state index in [4.69, 9.17) is 11.6 Å². The Morgan fingerprint density at radius 3 is 2.15 bits per heavy atom. The zero-order valence-electron chi connectivity index (χ0n) is 25.6. The van der Waals surface area contributed by atoms with Crippen molar-refractivity contribution in [3.63, 3.8) is 0 Å². The van der Waals surface area contributed by atoms with E-state index < -0.39 is 34.3 Å². The highest BCUT2D eigenvalue weighted by Gasteiger charge is 2.36. The minimum atomic E-state index is -4.27. The van der Waals surface area contributed by atoms with Crippen molar-refractivity contribution in [3.8, 4) is 0 Å². The lowest BCUT2D eigenvalue weighted by Gasteiger charge is -2.34. The summed E-state index contributed by atoms with van der Waals surface area (Å²) in [6.07, 6.45) is 3.92. The van der Waals surface area contributed by atoms with Crippen LogP contribution in [0.4, 0.5) is 10.1 Å². The van der Waals surface area contributed by atoms with Crippen molar-refractivity contribution in [3.05, 3.63) is 131 Å². The molecule has 1 fully saturated rings. The van der Waals surface area contributed by atoms with Crippen LogP contribution in [0.1, 0.15) is 42.4 Å². The molecule has 0 radical (unpaired) electrons. The van der Waals surface area contributed by atoms with Crippen LogP contribution in [0.3, 0.4) is 0 Å². The molecule has 0 saturated heterocycles. The molecule has 1 saturated carbocycles. The highest BCUT2D eigenvalue weighted by molar-refractivity contribution is 7.92. The molecule has 1 aliphatic carbocycles. The maximum Gasteiger partial charge on any atom is 0.264 e. The topological polar surface area (TPSA) is 86.8 Å². The van der Waals surface area contributed by atoms with Gasteiger partial charge in [-0.3, -0.25) is 13.9 Å². The SMILES string of the molecule is Cc1ccc(S(=O)(=O)N(CC(=O)N(Cc2ccc(F)cc2)[C@@H](Cc2ccccc2)C(=O)NC2CCCC2)c2ccccc2Cl)cc1. The highest BCUT2D eigenvalue weighted by Crippen LogP contribution is 2.31. The van der Waals surface area contributed by atoms with Gasteiger partial charge >= 0.3 is 0 Å². The van der Waals surface area contributed by atoms with Gasteiger partial charge in [-0.25, -0.2) is 12.8 Å². The van der Waals surface area contributed by atoms with Crippen LogP contribution >= 0.6 is 11.6 Å². The summed E-state index contributed by atoms with van der Waals surface area (Å²) >= 11 is 6.53. The molecule has 240 valence electrons. The molecule has 0 heterocycles. The van der Waals surface area contributed by atoms with Crippen LogP contribution in [0.5, 0.6) is 0 Å². The van der Waals surface area contributed by atoms with Crippen LogP contribution in [0.25, 0.3) is 0 Å². The lowest BCUT2D eigenvalue weighted by atomic mass is 10.0. The average Bonchev–Trinajstić information content (AvgIpc) is 3.56. The Morgan fingerprint density at radius 2 is 1.50 bits per heavy atom. The number of nitrogens with zero attached hydrogens (tertiary/aromatic N) is 2. The fourth-order valence-corrected chi connectivity index (χ4v) is 7.43. The lowest BCUT2D eigenvalue weighted by molar-refractivity contribution is -0.140. The van der Waals surface area contributed by atoms with E-state index in [1.165, 1.54) is 29.2 Å². The monoisotopic (exact) mass is 661 g/mol. The Kier molecular flexibility index (Phi) is 10.8. The van der Waals surface area contributed by atoms with Gasteiger partial charge < -0.3 is 10.2 Å². The smallest absolute Gasteiger partial charge is 0.264 e. The second-order valence-corrected chi connectivity index (χ2v) is 13.9. The van der Waals surface area contributed by atoms with Crippen LogP contribution < -0.4 is 9.62 Å². The first-order valence-electron chi connectivity index (χ1n) is 15.3. The molecule has 0 spiro atoms. The van der Waals surface area contributed by atoms with E-state index in [1.54, 1.807) is 48.5 Å². The summed E-state index contributed by atoms with van der Waals surface area (Å²) in [4.78, 5) is 30.0. The summed E-state index contributed by atoms with van der Waals surface area (Å²) in [5.41, 5.74) is 2.44. The number of anilines is 1. The summed E-state index contributed by atoms with van der Waals surface area (Å²) in [7, 11) is -4.27. The van der Waals surface area contributed by atoms with Crippen LogP contribution in [-0.2, 0) is 32.6 Å². The van der Waals surface area contributed by atoms with E-state index in [2.05, 4.69) is 5.32 Å². The zero-order chi connectivity index (χ0) is 32.7. The number of para-hydroxylation sites is 1. The number of carbonyl (C=O) groups excluding carboxylic acids is 2. The largest absolute Gasteiger partial charge is 0.352 e. The molecule has 0 bridgehead atoms. The molecule has 46 heavy (non-hydrogen) atoms. The molecule has 0 aromatic heterocycles. The van der Waals surface area contributed by atoms with Crippen molar-refractivity contribution in [2.45, 2.75) is 62.6 Å². The summed E-state index contributed by atoms with van der Waals surface area (Å²) in [5.74, 6) is -1.37. The minimum absolute atomic E-state index is 0.00397. The molecule has 10 heteroatoms. The molecule has 1 atom stereocenters. The third-order valence-electron chi connectivity index (χ3n) is 8.25. The van der Waals surface area contributed by atoms with Gasteiger partial charge in [-0.1, -0.05) is 96.7 Å². The van der Waals surface area contributed by atoms with Gasteiger partial charge in [0.1, 0.15) is 18.4 Å². The van der Waals surface area contributed by atoms with Gasteiger partial charge in [-0.15, -0.1) is 0 Å². The van der Waals surface area contributed by atoms with Crippen molar-refractivity contribution in [2.75, 3.05) is 10.8 Å². The van der Waals surface area contributed by atoms with Crippen molar-refractivity contribution < 1.29 is 22.4 Å². The van der Waals surface area contributed by atoms with E-state index in [1.807, 2.05) is 37.3 Å². The summed E-state index contributed by atoms with van der Waals surface area (Å²) in [5, 5.41) is 3.29. The first-order valence-corrected chi connectivity index (χ1v) is 17.2. The number of nitrogens with one attached hydrogen (secondary N) is 1. The first-order chi connectivity index (χ1) is 22.1. The Balaban J connectivity index is 1.57. The number of sulfonamides is 1. The average molecular weight is 662 g/mol. The molecule has 4 aromatic rings. The van der Waals surface area contributed by atoms with E-state index in [0.717, 1.165) is 41.1 Å². The Labute approximate surface area is 275 Å². The molecule has 4 aromatic carbocycles. The second kappa shape index (κ2) is 14.9. The number of hydrogen-bond acceptors (Lipinski definition) is 4. The van der Waals surface area contributed by atoms with Gasteiger partial charge in [0.25, 0.3) is 10.0 Å². The summed E-state index contributed by atoms with van der Waals surface area (Å²) in [6.45, 7) is 1.18. The Morgan fingerprint density at radius 1 is 0.870 bits per heavy atom. The maximum atomic E-state index is 14.5. The Bertz CT molecular complexity index is 1750. The van der Waals surface area contributed by atoms with Crippen molar-refractivity contribution in [1.82, 2.24) is 10.2 Å². The second-order valence-electron chi connectivity index (χ2n) is 11.6. The predicted molar refractivity (Wildman–Crippen MR) is 178 cm³/mol. The van der Waals surface area contributed by atoms with Crippen LogP contribution in [0.15, 0.2) is 108 Å². The number of aryl methyl sites for hydroxylation is 1. The molecule has 7 nitrogen and oxygen atoms in total. The number of benzene rings is 4. The van der Waals surface area contributed by atoms with Crippen LogP contribution in [0, 0.1) is 12.7 Å². The number of hydrogen-bond donors (Lipinski definition) is 1. The van der Waals surface area contributed by atoms with E-state index in [-0.39, 0.29) is 40.5 Å². The van der Waals surface area contributed by atoms with E-state index in [0.29, 0.717) is 5.56 Å². The molecule has 0 aliphatic heterocycles. The maximum absolute atomic E-state index is 14.5. The van der Waals surface area contributed by atoms with Gasteiger partial charge in [-0.2, -0.15) is 0 Å². The van der Waals surface area contributed by atoms with Crippen LogP contribution in [-0.4, -0.2) is 43.8 Å². The number of carbonyl (C=O) groups is 2. The predicted octanol–water partition coefficient (Wildman–Crippen LogP) is 6.68. The summed E-state index contributed by atoms with van der Waals surface area (Å²) in [6, 6.07) is 26.8. The van der Waals surface area contributed by atoms with E-state index >= 15 is 0 Å². The van der Waals surface area contributed by atoms with Crippen molar-refractivity contribution in [1.29, 1.82) is 0 Å². The van der Waals surface area contributed by atoms with Crippen LogP contribution in [0.2, 0.25) is 5.02 Å². The molecule has 2 amide bonds. The molecule has 5 rings (SSSR count). The van der Waals surface area contributed by atoms with Gasteiger partial charge in [0.15, 0.2) is 0 Å². The third kappa shape index (κ3) is 8.13. The fraction of sp³-hybridized carbons (Fsp3) is 0.278. The van der Waals surface area contributed by atoms with Crippen molar-refractivity contribution in [2.24, 2.45) is 0 Å². The normalized spacial score (nSPS) is 14.1. The third-order valence-corrected chi connectivity index (χ3v) is 10.3. The molecule has 1 aliphatic rings. The standard InChI is InChI=1S/C36H37ClFN3O4S/c1-26-15-21-31(22-16-26)46(44,45)41(33-14-8-7-13-32(33)37)25-35(42)40(24-28-17-19-29(38)20-18-28)34(23-27-9-3-2-4-10-27)36(43)39-30-11-5-6-12-30/h2-4,7-10,13-22,30,34H,5-6,11-12,23-25H2,1H3,(H,39,43)/t34-/m0/s1. The quantitative estimate of drug-likeness (QED) is 0.184. The first kappa shape index (κ1) is 33.2. The van der Waals surface area contributed by atoms with Crippen molar-refractivity contribution >= 4 is 39.1 Å². The Hall–Kier alpha value is -4.21. The summed E-state index contributed by atoms with van der Waals surface area (Å²) < 4.78 is 43.2. The lowest BCUT2D eigenvalue weighted by Crippen LogP contribution is -2.54. The molecule has 0 unspecified atom stereocenters. The minimum Gasteiger partial charge on any atom is -0.352 e.